The highest BCUT2D eigenvalue weighted by molar-refractivity contribution is 5.69. The molecule has 0 aliphatic carbocycles. The normalized spacial score (nSPS) is 11.2. The summed E-state index contributed by atoms with van der Waals surface area (Å²) in [6.45, 7) is 3.70. The molecule has 0 atom stereocenters. The van der Waals surface area contributed by atoms with Gasteiger partial charge < -0.3 is 5.73 Å². The fourth-order valence-corrected chi connectivity index (χ4v) is 1.87. The third kappa shape index (κ3) is 1.83. The molecule has 96 valence electrons. The minimum absolute atomic E-state index is 0.0220. The Morgan fingerprint density at radius 2 is 1.83 bits per heavy atom. The highest BCUT2D eigenvalue weighted by Crippen LogP contribution is 2.33. The molecule has 1 aromatic carbocycles. The zero-order valence-corrected chi connectivity index (χ0v) is 9.89. The van der Waals surface area contributed by atoms with Crippen molar-refractivity contribution in [3.8, 4) is 11.3 Å². The van der Waals surface area contributed by atoms with Crippen molar-refractivity contribution in [1.29, 1.82) is 0 Å². The average molecular weight is 255 g/mol. The number of halogens is 3. The lowest BCUT2D eigenvalue weighted by atomic mass is 9.98. The number of rotatable bonds is 2. The maximum absolute atomic E-state index is 13.7. The number of aromatic amines is 1. The van der Waals surface area contributed by atoms with Crippen molar-refractivity contribution in [2.75, 3.05) is 5.73 Å². The predicted molar refractivity (Wildman–Crippen MR) is 62.4 cm³/mol. The molecule has 0 spiro atoms. The van der Waals surface area contributed by atoms with Crippen LogP contribution in [0.3, 0.4) is 0 Å². The zero-order valence-electron chi connectivity index (χ0n) is 9.89. The number of nitrogens with two attached hydrogens (primary N) is 1. The fourth-order valence-electron chi connectivity index (χ4n) is 1.87. The molecule has 1 heterocycles. The molecule has 3 N–H and O–H groups in total. The molecule has 0 radical (unpaired) electrons. The highest BCUT2D eigenvalue weighted by Gasteiger charge is 2.21. The number of nitrogen functional groups attached to an aromatic ring is 1. The van der Waals surface area contributed by atoms with Crippen LogP contribution in [0.4, 0.5) is 19.0 Å². The lowest BCUT2D eigenvalue weighted by Gasteiger charge is -2.08. The molecule has 0 saturated carbocycles. The summed E-state index contributed by atoms with van der Waals surface area (Å²) in [5.74, 6) is -3.78. The first-order valence-electron chi connectivity index (χ1n) is 5.41. The maximum atomic E-state index is 13.7. The summed E-state index contributed by atoms with van der Waals surface area (Å²) in [7, 11) is 0. The van der Waals surface area contributed by atoms with Crippen LogP contribution in [0.5, 0.6) is 0 Å². The van der Waals surface area contributed by atoms with Gasteiger partial charge in [0.1, 0.15) is 5.82 Å². The van der Waals surface area contributed by atoms with E-state index in [1.165, 1.54) is 0 Å². The van der Waals surface area contributed by atoms with Crippen LogP contribution < -0.4 is 5.73 Å². The van der Waals surface area contributed by atoms with Gasteiger partial charge in [-0.1, -0.05) is 13.8 Å². The van der Waals surface area contributed by atoms with Crippen molar-refractivity contribution in [1.82, 2.24) is 10.2 Å². The van der Waals surface area contributed by atoms with E-state index >= 15 is 0 Å². The number of nitrogens with one attached hydrogen (secondary N) is 1. The molecule has 0 unspecified atom stereocenters. The SMILES string of the molecule is CC(C)c1c(N)n[nH]c1-c1ccc(F)c(F)c1F. The Balaban J connectivity index is 2.67. The average Bonchev–Trinajstić information content (AvgIpc) is 2.68. The molecule has 0 bridgehead atoms. The van der Waals surface area contributed by atoms with Gasteiger partial charge in [-0.05, 0) is 18.1 Å². The van der Waals surface area contributed by atoms with E-state index in [0.717, 1.165) is 12.1 Å². The Labute approximate surface area is 102 Å². The van der Waals surface area contributed by atoms with Crippen molar-refractivity contribution in [3.05, 3.63) is 35.1 Å². The molecule has 6 heteroatoms. The van der Waals surface area contributed by atoms with E-state index in [0.29, 0.717) is 5.56 Å². The van der Waals surface area contributed by atoms with Gasteiger partial charge in [-0.3, -0.25) is 5.10 Å². The number of H-pyrrole nitrogens is 1. The number of hydrogen-bond donors (Lipinski definition) is 2. The second-order valence-electron chi connectivity index (χ2n) is 4.28. The second-order valence-corrected chi connectivity index (χ2v) is 4.28. The van der Waals surface area contributed by atoms with Gasteiger partial charge in [-0.15, -0.1) is 0 Å². The van der Waals surface area contributed by atoms with Crippen molar-refractivity contribution in [2.45, 2.75) is 19.8 Å². The Hall–Kier alpha value is -1.98. The van der Waals surface area contributed by atoms with Gasteiger partial charge in [-0.2, -0.15) is 5.10 Å². The van der Waals surface area contributed by atoms with Crippen molar-refractivity contribution < 1.29 is 13.2 Å². The van der Waals surface area contributed by atoms with Crippen LogP contribution in [-0.2, 0) is 0 Å². The molecular formula is C12H12F3N3. The van der Waals surface area contributed by atoms with Gasteiger partial charge in [-0.25, -0.2) is 13.2 Å². The smallest absolute Gasteiger partial charge is 0.195 e. The largest absolute Gasteiger partial charge is 0.382 e. The quantitative estimate of drug-likeness (QED) is 0.809. The Bertz CT molecular complexity index is 590. The van der Waals surface area contributed by atoms with Gasteiger partial charge in [0.15, 0.2) is 17.5 Å². The van der Waals surface area contributed by atoms with Crippen LogP contribution in [-0.4, -0.2) is 10.2 Å². The minimum Gasteiger partial charge on any atom is -0.382 e. The topological polar surface area (TPSA) is 54.7 Å². The second kappa shape index (κ2) is 4.36. The van der Waals surface area contributed by atoms with Crippen LogP contribution in [0.25, 0.3) is 11.3 Å². The molecule has 18 heavy (non-hydrogen) atoms. The van der Waals surface area contributed by atoms with Crippen molar-refractivity contribution >= 4 is 5.82 Å². The van der Waals surface area contributed by atoms with Crippen LogP contribution in [0.2, 0.25) is 0 Å². The van der Waals surface area contributed by atoms with E-state index in [2.05, 4.69) is 10.2 Å². The van der Waals surface area contributed by atoms with Gasteiger partial charge in [0.25, 0.3) is 0 Å². The van der Waals surface area contributed by atoms with E-state index in [9.17, 15) is 13.2 Å². The van der Waals surface area contributed by atoms with Crippen LogP contribution >= 0.6 is 0 Å². The Morgan fingerprint density at radius 3 is 2.44 bits per heavy atom. The lowest BCUT2D eigenvalue weighted by molar-refractivity contribution is 0.448. The van der Waals surface area contributed by atoms with E-state index in [1.54, 1.807) is 0 Å². The van der Waals surface area contributed by atoms with Crippen molar-refractivity contribution in [2.24, 2.45) is 0 Å². The van der Waals surface area contributed by atoms with Gasteiger partial charge >= 0.3 is 0 Å². The van der Waals surface area contributed by atoms with Gasteiger partial charge in [0, 0.05) is 11.1 Å². The molecular weight excluding hydrogens is 243 g/mol. The summed E-state index contributed by atoms with van der Waals surface area (Å²) < 4.78 is 39.8. The molecule has 0 amide bonds. The summed E-state index contributed by atoms with van der Waals surface area (Å²) in [6.07, 6.45) is 0. The monoisotopic (exact) mass is 255 g/mol. The summed E-state index contributed by atoms with van der Waals surface area (Å²) in [5.41, 5.74) is 6.44. The van der Waals surface area contributed by atoms with E-state index in [-0.39, 0.29) is 23.0 Å². The molecule has 2 aromatic rings. The number of benzene rings is 1. The Kier molecular flexibility index (Phi) is 3.02. The molecule has 0 aliphatic rings. The van der Waals surface area contributed by atoms with E-state index < -0.39 is 17.5 Å². The van der Waals surface area contributed by atoms with E-state index in [1.807, 2.05) is 13.8 Å². The van der Waals surface area contributed by atoms with E-state index in [4.69, 9.17) is 5.73 Å². The Morgan fingerprint density at radius 1 is 1.17 bits per heavy atom. The number of aromatic nitrogens is 2. The molecule has 0 fully saturated rings. The number of nitrogens with zero attached hydrogens (tertiary/aromatic N) is 1. The van der Waals surface area contributed by atoms with Crippen LogP contribution in [0.15, 0.2) is 12.1 Å². The summed E-state index contributed by atoms with van der Waals surface area (Å²) in [5, 5.41) is 6.33. The highest BCUT2D eigenvalue weighted by atomic mass is 19.2. The minimum atomic E-state index is -1.50. The number of hydrogen-bond acceptors (Lipinski definition) is 2. The standard InChI is InChI=1S/C12H12F3N3/c1-5(2)8-11(17-18-12(8)16)6-3-4-7(13)10(15)9(6)14/h3-5H,1-2H3,(H3,16,17,18). The third-order valence-corrected chi connectivity index (χ3v) is 2.72. The summed E-state index contributed by atoms with van der Waals surface area (Å²) >= 11 is 0. The van der Waals surface area contributed by atoms with Crippen LogP contribution in [0.1, 0.15) is 25.3 Å². The van der Waals surface area contributed by atoms with Crippen molar-refractivity contribution in [3.63, 3.8) is 0 Å². The first kappa shape index (κ1) is 12.5. The summed E-state index contributed by atoms with van der Waals surface area (Å²) in [4.78, 5) is 0. The molecule has 2 rings (SSSR count). The number of anilines is 1. The predicted octanol–water partition coefficient (Wildman–Crippen LogP) is 3.20. The van der Waals surface area contributed by atoms with Gasteiger partial charge in [0.05, 0.1) is 5.69 Å². The first-order chi connectivity index (χ1) is 8.43. The third-order valence-electron chi connectivity index (χ3n) is 2.72. The fraction of sp³-hybridized carbons (Fsp3) is 0.250. The molecule has 0 aliphatic heterocycles. The van der Waals surface area contributed by atoms with Gasteiger partial charge in [0.2, 0.25) is 0 Å². The van der Waals surface area contributed by atoms with Crippen LogP contribution in [0, 0.1) is 17.5 Å². The molecule has 0 saturated heterocycles. The maximum Gasteiger partial charge on any atom is 0.195 e. The lowest BCUT2D eigenvalue weighted by Crippen LogP contribution is -1.98. The zero-order chi connectivity index (χ0) is 13.4. The summed E-state index contributed by atoms with van der Waals surface area (Å²) in [6, 6.07) is 2.03. The molecule has 3 nitrogen and oxygen atoms in total. The molecule has 1 aromatic heterocycles. The first-order valence-corrected chi connectivity index (χ1v) is 5.41.